The summed E-state index contributed by atoms with van der Waals surface area (Å²) >= 11 is 1.69. The van der Waals surface area contributed by atoms with E-state index in [0.29, 0.717) is 12.1 Å². The van der Waals surface area contributed by atoms with E-state index in [-0.39, 0.29) is 5.91 Å². The van der Waals surface area contributed by atoms with E-state index in [1.807, 2.05) is 37.6 Å². The van der Waals surface area contributed by atoms with Gasteiger partial charge in [0.15, 0.2) is 0 Å². The number of carbonyl (C=O) groups is 1. The summed E-state index contributed by atoms with van der Waals surface area (Å²) in [6.07, 6.45) is 6.47. The van der Waals surface area contributed by atoms with E-state index in [0.717, 1.165) is 31.2 Å². The van der Waals surface area contributed by atoms with Crippen LogP contribution < -0.4 is 10.6 Å². The minimum atomic E-state index is 0.0561. The molecule has 3 nitrogen and oxygen atoms in total. The number of nitrogens with one attached hydrogen (secondary N) is 2. The molecule has 4 heteroatoms. The van der Waals surface area contributed by atoms with E-state index in [1.54, 1.807) is 11.8 Å². The summed E-state index contributed by atoms with van der Waals surface area (Å²) in [4.78, 5) is 13.3. The normalized spacial score (nSPS) is 23.1. The van der Waals surface area contributed by atoms with Crippen molar-refractivity contribution < 1.29 is 4.79 Å². The summed E-state index contributed by atoms with van der Waals surface area (Å²) in [5.41, 5.74) is 0.758. The van der Waals surface area contributed by atoms with E-state index in [2.05, 4.69) is 10.6 Å². The van der Waals surface area contributed by atoms with Gasteiger partial charge in [-0.1, -0.05) is 0 Å². The average molecular weight is 278 g/mol. The summed E-state index contributed by atoms with van der Waals surface area (Å²) in [6, 6.07) is 8.75. The lowest BCUT2D eigenvalue weighted by Crippen LogP contribution is -2.41. The standard InChI is InChI=1S/C15H22N2OS/c1-16-12-5-7-13(8-6-12)17-15(18)11-3-9-14(19-2)10-4-11/h3-4,9-10,12-13,16H,5-8H2,1-2H3,(H,17,18). The second-order valence-corrected chi connectivity index (χ2v) is 5.92. The lowest BCUT2D eigenvalue weighted by molar-refractivity contribution is 0.0924. The largest absolute Gasteiger partial charge is 0.349 e. The van der Waals surface area contributed by atoms with Gasteiger partial charge in [0, 0.05) is 22.5 Å². The van der Waals surface area contributed by atoms with Crippen molar-refractivity contribution >= 4 is 17.7 Å². The van der Waals surface area contributed by atoms with Crippen LogP contribution in [0.2, 0.25) is 0 Å². The third-order valence-corrected chi connectivity index (χ3v) is 4.57. The first kappa shape index (κ1) is 14.4. The molecule has 2 rings (SSSR count). The number of thioether (sulfide) groups is 1. The zero-order valence-electron chi connectivity index (χ0n) is 11.6. The van der Waals surface area contributed by atoms with Crippen molar-refractivity contribution in [1.29, 1.82) is 0 Å². The minimum absolute atomic E-state index is 0.0561. The van der Waals surface area contributed by atoms with Crippen LogP contribution in [0.1, 0.15) is 36.0 Å². The molecule has 0 heterocycles. The Morgan fingerprint density at radius 1 is 1.11 bits per heavy atom. The topological polar surface area (TPSA) is 41.1 Å². The van der Waals surface area contributed by atoms with Gasteiger partial charge in [-0.15, -0.1) is 11.8 Å². The van der Waals surface area contributed by atoms with Crippen molar-refractivity contribution in [3.63, 3.8) is 0 Å². The van der Waals surface area contributed by atoms with Gasteiger partial charge in [0.05, 0.1) is 0 Å². The Kier molecular flexibility index (Phi) is 5.28. The van der Waals surface area contributed by atoms with Gasteiger partial charge in [0.2, 0.25) is 0 Å². The molecule has 1 saturated carbocycles. The highest BCUT2D eigenvalue weighted by Gasteiger charge is 2.21. The summed E-state index contributed by atoms with van der Waals surface area (Å²) in [5, 5.41) is 6.45. The Morgan fingerprint density at radius 3 is 2.21 bits per heavy atom. The Balaban J connectivity index is 1.87. The van der Waals surface area contributed by atoms with Crippen molar-refractivity contribution in [2.75, 3.05) is 13.3 Å². The van der Waals surface area contributed by atoms with Gasteiger partial charge >= 0.3 is 0 Å². The van der Waals surface area contributed by atoms with E-state index >= 15 is 0 Å². The molecule has 0 aliphatic heterocycles. The lowest BCUT2D eigenvalue weighted by atomic mass is 9.91. The Bertz CT molecular complexity index is 411. The molecule has 1 fully saturated rings. The van der Waals surface area contributed by atoms with Gasteiger partial charge in [0.25, 0.3) is 5.91 Å². The minimum Gasteiger partial charge on any atom is -0.349 e. The summed E-state index contributed by atoms with van der Waals surface area (Å²) in [5.74, 6) is 0.0561. The van der Waals surface area contributed by atoms with Crippen LogP contribution in [0.25, 0.3) is 0 Å². The van der Waals surface area contributed by atoms with Gasteiger partial charge in [-0.3, -0.25) is 4.79 Å². The lowest BCUT2D eigenvalue weighted by Gasteiger charge is -2.28. The fraction of sp³-hybridized carbons (Fsp3) is 0.533. The molecule has 0 spiro atoms. The summed E-state index contributed by atoms with van der Waals surface area (Å²) < 4.78 is 0. The van der Waals surface area contributed by atoms with Crippen molar-refractivity contribution in [3.05, 3.63) is 29.8 Å². The second-order valence-electron chi connectivity index (χ2n) is 5.04. The Hall–Kier alpha value is -1.00. The third-order valence-electron chi connectivity index (χ3n) is 3.82. The first-order chi connectivity index (χ1) is 9.22. The second kappa shape index (κ2) is 6.96. The van der Waals surface area contributed by atoms with E-state index in [9.17, 15) is 4.79 Å². The average Bonchev–Trinajstić information content (AvgIpc) is 2.48. The quantitative estimate of drug-likeness (QED) is 0.832. The number of benzene rings is 1. The molecule has 104 valence electrons. The first-order valence-electron chi connectivity index (χ1n) is 6.85. The number of hydrogen-bond donors (Lipinski definition) is 2. The van der Waals surface area contributed by atoms with Gasteiger partial charge in [-0.25, -0.2) is 0 Å². The summed E-state index contributed by atoms with van der Waals surface area (Å²) in [6.45, 7) is 0. The van der Waals surface area contributed by atoms with Crippen molar-refractivity contribution in [2.24, 2.45) is 0 Å². The van der Waals surface area contributed by atoms with Crippen LogP contribution in [0, 0.1) is 0 Å². The van der Waals surface area contributed by atoms with E-state index in [4.69, 9.17) is 0 Å². The highest BCUT2D eigenvalue weighted by molar-refractivity contribution is 7.98. The summed E-state index contributed by atoms with van der Waals surface area (Å²) in [7, 11) is 2.01. The fourth-order valence-corrected chi connectivity index (χ4v) is 2.95. The molecule has 19 heavy (non-hydrogen) atoms. The molecule has 0 radical (unpaired) electrons. The van der Waals surface area contributed by atoms with Gasteiger partial charge in [0.1, 0.15) is 0 Å². The number of amides is 1. The molecule has 0 saturated heterocycles. The smallest absolute Gasteiger partial charge is 0.251 e. The first-order valence-corrected chi connectivity index (χ1v) is 8.07. The van der Waals surface area contributed by atoms with Gasteiger partial charge in [-0.2, -0.15) is 0 Å². The van der Waals surface area contributed by atoms with Gasteiger partial charge < -0.3 is 10.6 Å². The fourth-order valence-electron chi connectivity index (χ4n) is 2.54. The third kappa shape index (κ3) is 3.98. The van der Waals surface area contributed by atoms with Crippen molar-refractivity contribution in [2.45, 2.75) is 42.7 Å². The maximum absolute atomic E-state index is 12.1. The molecular weight excluding hydrogens is 256 g/mol. The molecule has 0 aromatic heterocycles. The Labute approximate surface area is 119 Å². The maximum atomic E-state index is 12.1. The number of hydrogen-bond acceptors (Lipinski definition) is 3. The van der Waals surface area contributed by atoms with Crippen LogP contribution in [0.15, 0.2) is 29.2 Å². The molecule has 0 atom stereocenters. The molecule has 1 aliphatic rings. The maximum Gasteiger partial charge on any atom is 0.251 e. The molecule has 0 bridgehead atoms. The van der Waals surface area contributed by atoms with Crippen LogP contribution in [-0.4, -0.2) is 31.3 Å². The van der Waals surface area contributed by atoms with Crippen LogP contribution >= 0.6 is 11.8 Å². The zero-order chi connectivity index (χ0) is 13.7. The predicted molar refractivity (Wildman–Crippen MR) is 80.8 cm³/mol. The molecule has 0 unspecified atom stereocenters. The molecule has 1 aliphatic carbocycles. The van der Waals surface area contributed by atoms with Crippen LogP contribution in [0.5, 0.6) is 0 Å². The predicted octanol–water partition coefficient (Wildman–Crippen LogP) is 2.67. The van der Waals surface area contributed by atoms with Crippen molar-refractivity contribution in [3.8, 4) is 0 Å². The highest BCUT2D eigenvalue weighted by Crippen LogP contribution is 2.19. The number of carbonyl (C=O) groups excluding carboxylic acids is 1. The molecule has 1 aromatic carbocycles. The van der Waals surface area contributed by atoms with Crippen LogP contribution in [0.4, 0.5) is 0 Å². The molecule has 1 aromatic rings. The Morgan fingerprint density at radius 2 is 1.68 bits per heavy atom. The monoisotopic (exact) mass is 278 g/mol. The zero-order valence-corrected chi connectivity index (χ0v) is 12.4. The van der Waals surface area contributed by atoms with E-state index < -0.39 is 0 Å². The molecular formula is C15H22N2OS. The van der Waals surface area contributed by atoms with Crippen LogP contribution in [-0.2, 0) is 0 Å². The number of rotatable bonds is 4. The SMILES string of the molecule is CNC1CCC(NC(=O)c2ccc(SC)cc2)CC1. The highest BCUT2D eigenvalue weighted by atomic mass is 32.2. The van der Waals surface area contributed by atoms with Gasteiger partial charge in [-0.05, 0) is 63.3 Å². The molecule has 2 N–H and O–H groups in total. The van der Waals surface area contributed by atoms with Crippen LogP contribution in [0.3, 0.4) is 0 Å². The van der Waals surface area contributed by atoms with Crippen molar-refractivity contribution in [1.82, 2.24) is 10.6 Å². The molecule has 1 amide bonds. The van der Waals surface area contributed by atoms with E-state index in [1.165, 1.54) is 4.90 Å².